The van der Waals surface area contributed by atoms with E-state index in [1.54, 1.807) is 36.4 Å². The summed E-state index contributed by atoms with van der Waals surface area (Å²) in [7, 11) is 0. The average Bonchev–Trinajstić information content (AvgIpc) is 2.53. The molecule has 0 unspecified atom stereocenters. The molecule has 0 saturated heterocycles. The Morgan fingerprint density at radius 2 is 1.96 bits per heavy atom. The quantitative estimate of drug-likeness (QED) is 0.484. The number of phenols is 1. The van der Waals surface area contributed by atoms with Crippen molar-refractivity contribution in [2.45, 2.75) is 13.8 Å². The number of rotatable bonds is 6. The summed E-state index contributed by atoms with van der Waals surface area (Å²) in [4.78, 5) is 8.76. The van der Waals surface area contributed by atoms with E-state index in [9.17, 15) is 5.11 Å². The van der Waals surface area contributed by atoms with Crippen LogP contribution in [0.1, 0.15) is 12.6 Å². The molecule has 0 saturated carbocycles. The molecular formula is C17H20N4O2. The van der Waals surface area contributed by atoms with Gasteiger partial charge >= 0.3 is 0 Å². The van der Waals surface area contributed by atoms with E-state index in [1.165, 1.54) is 0 Å². The lowest BCUT2D eigenvalue weighted by atomic mass is 10.3. The first kappa shape index (κ1) is 16.5. The monoisotopic (exact) mass is 312 g/mol. The molecule has 23 heavy (non-hydrogen) atoms. The number of nitrogens with zero attached hydrogens (tertiary/aromatic N) is 2. The van der Waals surface area contributed by atoms with Crippen LogP contribution >= 0.6 is 0 Å². The fraction of sp³-hybridized carbons (Fsp3) is 0.176. The van der Waals surface area contributed by atoms with Crippen molar-refractivity contribution >= 4 is 17.5 Å². The molecule has 4 N–H and O–H groups in total. The maximum atomic E-state index is 9.31. The summed E-state index contributed by atoms with van der Waals surface area (Å²) in [6, 6.07) is 8.57. The Balaban J connectivity index is 2.18. The molecule has 1 aromatic carbocycles. The molecule has 0 radical (unpaired) electrons. The molecule has 0 aliphatic rings. The van der Waals surface area contributed by atoms with E-state index < -0.39 is 0 Å². The number of phenolic OH excluding ortho intramolecular Hbond substituents is 1. The Morgan fingerprint density at radius 1 is 1.22 bits per heavy atom. The van der Waals surface area contributed by atoms with Gasteiger partial charge in [0.1, 0.15) is 11.6 Å². The minimum atomic E-state index is -0.0264. The molecule has 0 atom stereocenters. The standard InChI is InChI=1S/C17H20N4O2/c1-3-13(5-4-10-22)20-17-18-12(2)11-16(21-17)19-14-6-8-15(23)9-7-14/h3-9,11,22-23H,10H2,1-2H3,(H2,18,19,20,21)/b5-4-,13-3+. The number of hydrogen-bond acceptors (Lipinski definition) is 6. The molecule has 0 aliphatic heterocycles. The van der Waals surface area contributed by atoms with Crippen molar-refractivity contribution in [1.29, 1.82) is 0 Å². The summed E-state index contributed by atoms with van der Waals surface area (Å²) in [5.41, 5.74) is 2.42. The van der Waals surface area contributed by atoms with Gasteiger partial charge < -0.3 is 20.8 Å². The maximum Gasteiger partial charge on any atom is 0.229 e. The van der Waals surface area contributed by atoms with Gasteiger partial charge in [-0.2, -0.15) is 4.98 Å². The highest BCUT2D eigenvalue weighted by molar-refractivity contribution is 5.59. The molecule has 0 bridgehead atoms. The van der Waals surface area contributed by atoms with Gasteiger partial charge in [0.25, 0.3) is 0 Å². The first-order valence-corrected chi connectivity index (χ1v) is 7.23. The number of nitrogens with one attached hydrogen (secondary N) is 2. The third-order valence-corrected chi connectivity index (χ3v) is 2.96. The van der Waals surface area contributed by atoms with E-state index in [0.717, 1.165) is 17.1 Å². The third-order valence-electron chi connectivity index (χ3n) is 2.96. The van der Waals surface area contributed by atoms with Gasteiger partial charge in [0.05, 0.1) is 6.61 Å². The lowest BCUT2D eigenvalue weighted by Crippen LogP contribution is -2.05. The predicted molar refractivity (Wildman–Crippen MR) is 91.8 cm³/mol. The number of aliphatic hydroxyl groups excluding tert-OH is 1. The summed E-state index contributed by atoms with van der Waals surface area (Å²) in [6.07, 6.45) is 5.26. The van der Waals surface area contributed by atoms with Crippen LogP contribution in [0.2, 0.25) is 0 Å². The van der Waals surface area contributed by atoms with E-state index >= 15 is 0 Å². The van der Waals surface area contributed by atoms with E-state index in [-0.39, 0.29) is 12.4 Å². The Kier molecular flexibility index (Phi) is 5.71. The number of aromatic hydroxyl groups is 1. The van der Waals surface area contributed by atoms with Crippen LogP contribution in [-0.4, -0.2) is 26.8 Å². The van der Waals surface area contributed by atoms with Crippen molar-refractivity contribution < 1.29 is 10.2 Å². The fourth-order valence-electron chi connectivity index (χ4n) is 1.90. The zero-order valence-corrected chi connectivity index (χ0v) is 13.1. The first-order chi connectivity index (χ1) is 11.1. The summed E-state index contributed by atoms with van der Waals surface area (Å²) in [5.74, 6) is 1.32. The maximum absolute atomic E-state index is 9.31. The normalized spacial score (nSPS) is 11.7. The van der Waals surface area contributed by atoms with Crippen LogP contribution < -0.4 is 10.6 Å². The van der Waals surface area contributed by atoms with E-state index in [0.29, 0.717) is 11.8 Å². The largest absolute Gasteiger partial charge is 0.508 e. The Hall–Kier alpha value is -2.86. The second-order valence-electron chi connectivity index (χ2n) is 4.84. The summed E-state index contributed by atoms with van der Waals surface area (Å²) >= 11 is 0. The minimum absolute atomic E-state index is 0.0264. The minimum Gasteiger partial charge on any atom is -0.508 e. The van der Waals surface area contributed by atoms with Gasteiger partial charge in [-0.3, -0.25) is 0 Å². The molecule has 1 aromatic heterocycles. The average molecular weight is 312 g/mol. The van der Waals surface area contributed by atoms with Crippen LogP contribution in [0, 0.1) is 6.92 Å². The zero-order valence-electron chi connectivity index (χ0n) is 13.1. The van der Waals surface area contributed by atoms with Crippen molar-refractivity contribution in [2.24, 2.45) is 0 Å². The van der Waals surface area contributed by atoms with Crippen molar-refractivity contribution in [3.8, 4) is 5.75 Å². The van der Waals surface area contributed by atoms with Gasteiger partial charge in [-0.1, -0.05) is 12.2 Å². The second kappa shape index (κ2) is 7.95. The number of anilines is 3. The molecule has 0 fully saturated rings. The first-order valence-electron chi connectivity index (χ1n) is 7.23. The van der Waals surface area contributed by atoms with E-state index in [4.69, 9.17) is 5.11 Å². The van der Waals surface area contributed by atoms with Crippen LogP contribution in [0.15, 0.2) is 54.3 Å². The number of aromatic nitrogens is 2. The fourth-order valence-corrected chi connectivity index (χ4v) is 1.90. The Bertz CT molecular complexity index is 709. The van der Waals surface area contributed by atoms with Gasteiger partial charge in [0.15, 0.2) is 0 Å². The number of allylic oxidation sites excluding steroid dienone is 2. The SMILES string of the molecule is C/C=C(\C=C/CO)Nc1nc(C)cc(Nc2ccc(O)cc2)n1. The van der Waals surface area contributed by atoms with Crippen molar-refractivity contribution in [3.05, 3.63) is 60.0 Å². The van der Waals surface area contributed by atoms with E-state index in [2.05, 4.69) is 20.6 Å². The van der Waals surface area contributed by atoms with Crippen molar-refractivity contribution in [3.63, 3.8) is 0 Å². The topological polar surface area (TPSA) is 90.3 Å². The van der Waals surface area contributed by atoms with Crippen LogP contribution in [0.5, 0.6) is 5.75 Å². The van der Waals surface area contributed by atoms with E-state index in [1.807, 2.05) is 26.0 Å². The predicted octanol–water partition coefficient (Wildman–Crippen LogP) is 3.10. The molecule has 0 aliphatic carbocycles. The number of aliphatic hydroxyl groups is 1. The molecule has 0 amide bonds. The number of aryl methyl sites for hydroxylation is 1. The summed E-state index contributed by atoms with van der Waals surface area (Å²) in [6.45, 7) is 3.74. The Labute approximate surface area is 135 Å². The molecule has 0 spiro atoms. The molecule has 6 heteroatoms. The lowest BCUT2D eigenvalue weighted by Gasteiger charge is -2.10. The summed E-state index contributed by atoms with van der Waals surface area (Å²) in [5, 5.41) is 24.4. The Morgan fingerprint density at radius 3 is 2.61 bits per heavy atom. The molecular weight excluding hydrogens is 292 g/mol. The van der Waals surface area contributed by atoms with Gasteiger partial charge in [-0.15, -0.1) is 0 Å². The van der Waals surface area contributed by atoms with Crippen LogP contribution in [-0.2, 0) is 0 Å². The van der Waals surface area contributed by atoms with Crippen LogP contribution in [0.4, 0.5) is 17.5 Å². The molecule has 1 heterocycles. The highest BCUT2D eigenvalue weighted by Crippen LogP contribution is 2.19. The lowest BCUT2D eigenvalue weighted by molar-refractivity contribution is 0.342. The highest BCUT2D eigenvalue weighted by atomic mass is 16.3. The molecule has 6 nitrogen and oxygen atoms in total. The highest BCUT2D eigenvalue weighted by Gasteiger charge is 2.04. The smallest absolute Gasteiger partial charge is 0.229 e. The molecule has 120 valence electrons. The zero-order chi connectivity index (χ0) is 16.7. The molecule has 2 rings (SSSR count). The van der Waals surface area contributed by atoms with Crippen molar-refractivity contribution in [2.75, 3.05) is 17.2 Å². The van der Waals surface area contributed by atoms with Gasteiger partial charge in [-0.25, -0.2) is 4.98 Å². The number of benzene rings is 1. The second-order valence-corrected chi connectivity index (χ2v) is 4.84. The van der Waals surface area contributed by atoms with Gasteiger partial charge in [0, 0.05) is 23.1 Å². The summed E-state index contributed by atoms with van der Waals surface area (Å²) < 4.78 is 0. The third kappa shape index (κ3) is 5.12. The van der Waals surface area contributed by atoms with Crippen LogP contribution in [0.3, 0.4) is 0 Å². The van der Waals surface area contributed by atoms with Crippen LogP contribution in [0.25, 0.3) is 0 Å². The van der Waals surface area contributed by atoms with Crippen molar-refractivity contribution in [1.82, 2.24) is 9.97 Å². The van der Waals surface area contributed by atoms with Gasteiger partial charge in [0.2, 0.25) is 5.95 Å². The molecule has 2 aromatic rings. The number of hydrogen-bond donors (Lipinski definition) is 4. The van der Waals surface area contributed by atoms with Gasteiger partial charge in [-0.05, 0) is 44.2 Å².